The van der Waals surface area contributed by atoms with Crippen LogP contribution in [0.15, 0.2) is 35.7 Å². The van der Waals surface area contributed by atoms with Crippen molar-refractivity contribution < 1.29 is 14.3 Å². The molecule has 2 aromatic rings. The number of ether oxygens (including phenoxy) is 1. The molecule has 8 heteroatoms. The molecule has 0 spiro atoms. The van der Waals surface area contributed by atoms with E-state index in [1.54, 1.807) is 0 Å². The number of rotatable bonds is 3. The fraction of sp³-hybridized carbons (Fsp3) is 0. The quantitative estimate of drug-likeness (QED) is 0.389. The SMILES string of the molecule is NC(=NO)c1nccnc1Oc1ccc(F)c(Cl)c1. The highest BCUT2D eigenvalue weighted by molar-refractivity contribution is 6.30. The van der Waals surface area contributed by atoms with Crippen LogP contribution in [-0.2, 0) is 0 Å². The highest BCUT2D eigenvalue weighted by Gasteiger charge is 2.12. The van der Waals surface area contributed by atoms with Crippen molar-refractivity contribution >= 4 is 17.4 Å². The number of oxime groups is 1. The Balaban J connectivity index is 2.35. The number of amidine groups is 1. The first kappa shape index (κ1) is 13.0. The molecule has 6 nitrogen and oxygen atoms in total. The molecule has 0 radical (unpaired) electrons. The Morgan fingerprint density at radius 3 is 2.79 bits per heavy atom. The largest absolute Gasteiger partial charge is 0.437 e. The van der Waals surface area contributed by atoms with Crippen LogP contribution < -0.4 is 10.5 Å². The van der Waals surface area contributed by atoms with E-state index in [1.165, 1.54) is 24.5 Å². The second kappa shape index (κ2) is 5.49. The lowest BCUT2D eigenvalue weighted by atomic mass is 10.3. The number of nitrogens with two attached hydrogens (primary N) is 1. The van der Waals surface area contributed by atoms with Crippen molar-refractivity contribution in [3.05, 3.63) is 47.1 Å². The molecule has 0 saturated heterocycles. The highest BCUT2D eigenvalue weighted by atomic mass is 35.5. The Hall–Kier alpha value is -2.41. The first-order valence-electron chi connectivity index (χ1n) is 5.03. The second-order valence-corrected chi connectivity index (χ2v) is 3.78. The third-order valence-corrected chi connectivity index (χ3v) is 2.41. The van der Waals surface area contributed by atoms with Crippen molar-refractivity contribution in [2.24, 2.45) is 10.9 Å². The van der Waals surface area contributed by atoms with Crippen LogP contribution in [0.4, 0.5) is 4.39 Å². The summed E-state index contributed by atoms with van der Waals surface area (Å²) in [5.41, 5.74) is 5.49. The van der Waals surface area contributed by atoms with Gasteiger partial charge in [-0.05, 0) is 12.1 Å². The first-order chi connectivity index (χ1) is 9.11. The first-order valence-corrected chi connectivity index (χ1v) is 5.41. The average Bonchev–Trinajstić information content (AvgIpc) is 2.43. The second-order valence-electron chi connectivity index (χ2n) is 3.37. The van der Waals surface area contributed by atoms with Gasteiger partial charge in [-0.25, -0.2) is 14.4 Å². The predicted octanol–water partition coefficient (Wildman–Crippen LogP) is 2.16. The number of aromatic nitrogens is 2. The summed E-state index contributed by atoms with van der Waals surface area (Å²) in [5, 5.41) is 11.4. The third-order valence-electron chi connectivity index (χ3n) is 2.12. The van der Waals surface area contributed by atoms with Crippen LogP contribution in [0.1, 0.15) is 5.69 Å². The maximum absolute atomic E-state index is 13.0. The van der Waals surface area contributed by atoms with Gasteiger partial charge in [0.1, 0.15) is 11.6 Å². The van der Waals surface area contributed by atoms with Gasteiger partial charge in [0.2, 0.25) is 5.88 Å². The fourth-order valence-corrected chi connectivity index (χ4v) is 1.45. The number of nitrogens with zero attached hydrogens (tertiary/aromatic N) is 3. The third kappa shape index (κ3) is 2.89. The monoisotopic (exact) mass is 282 g/mol. The normalized spacial score (nSPS) is 11.4. The van der Waals surface area contributed by atoms with Gasteiger partial charge < -0.3 is 15.7 Å². The van der Waals surface area contributed by atoms with Crippen molar-refractivity contribution in [1.82, 2.24) is 9.97 Å². The Morgan fingerprint density at radius 2 is 2.11 bits per heavy atom. The van der Waals surface area contributed by atoms with Gasteiger partial charge in [-0.15, -0.1) is 0 Å². The molecule has 1 aromatic carbocycles. The lowest BCUT2D eigenvalue weighted by Crippen LogP contribution is -2.16. The molecule has 0 bridgehead atoms. The minimum absolute atomic E-state index is 0.0143. The molecule has 0 aliphatic heterocycles. The van der Waals surface area contributed by atoms with Crippen LogP contribution in [0.25, 0.3) is 0 Å². The van der Waals surface area contributed by atoms with Gasteiger partial charge in [-0.3, -0.25) is 0 Å². The summed E-state index contributed by atoms with van der Waals surface area (Å²) < 4.78 is 18.4. The molecular formula is C11H8ClFN4O2. The molecule has 0 unspecified atom stereocenters. The molecule has 0 saturated carbocycles. The Morgan fingerprint density at radius 1 is 1.37 bits per heavy atom. The van der Waals surface area contributed by atoms with Crippen molar-refractivity contribution in [2.45, 2.75) is 0 Å². The van der Waals surface area contributed by atoms with E-state index < -0.39 is 5.82 Å². The minimum atomic E-state index is -0.565. The zero-order chi connectivity index (χ0) is 13.8. The molecule has 0 aliphatic carbocycles. The molecule has 1 heterocycles. The summed E-state index contributed by atoms with van der Waals surface area (Å²) in [6.07, 6.45) is 2.73. The van der Waals surface area contributed by atoms with E-state index in [4.69, 9.17) is 27.3 Å². The smallest absolute Gasteiger partial charge is 0.249 e. The van der Waals surface area contributed by atoms with Crippen molar-refractivity contribution in [2.75, 3.05) is 0 Å². The number of hydrogen-bond donors (Lipinski definition) is 2. The Kier molecular flexibility index (Phi) is 3.76. The van der Waals surface area contributed by atoms with E-state index in [2.05, 4.69) is 15.1 Å². The summed E-state index contributed by atoms with van der Waals surface area (Å²) in [7, 11) is 0. The standard InChI is InChI=1S/C11H8ClFN4O2/c12-7-5-6(1-2-8(7)13)19-11-9(10(14)17-18)15-3-4-16-11/h1-5,18H,(H2,14,17). The summed E-state index contributed by atoms with van der Waals surface area (Å²) in [4.78, 5) is 7.78. The van der Waals surface area contributed by atoms with E-state index in [-0.39, 0.29) is 28.2 Å². The van der Waals surface area contributed by atoms with E-state index >= 15 is 0 Å². The van der Waals surface area contributed by atoms with Gasteiger partial charge >= 0.3 is 0 Å². The maximum atomic E-state index is 13.0. The van der Waals surface area contributed by atoms with Crippen LogP contribution in [0.5, 0.6) is 11.6 Å². The van der Waals surface area contributed by atoms with Gasteiger partial charge in [0, 0.05) is 18.5 Å². The Labute approximate surface area is 112 Å². The lowest BCUT2D eigenvalue weighted by Gasteiger charge is -2.08. The minimum Gasteiger partial charge on any atom is -0.437 e. The average molecular weight is 283 g/mol. The van der Waals surface area contributed by atoms with Crippen LogP contribution >= 0.6 is 11.6 Å². The molecule has 2 rings (SSSR count). The van der Waals surface area contributed by atoms with E-state index in [9.17, 15) is 4.39 Å². The summed E-state index contributed by atoms with van der Waals surface area (Å²) in [5.74, 6) is -0.555. The van der Waals surface area contributed by atoms with Gasteiger partial charge in [0.05, 0.1) is 5.02 Å². The van der Waals surface area contributed by atoms with E-state index in [0.29, 0.717) is 0 Å². The number of hydrogen-bond acceptors (Lipinski definition) is 5. The topological polar surface area (TPSA) is 93.6 Å². The van der Waals surface area contributed by atoms with Gasteiger partial charge in [0.15, 0.2) is 11.5 Å². The zero-order valence-corrected chi connectivity index (χ0v) is 10.2. The molecule has 0 aliphatic rings. The van der Waals surface area contributed by atoms with Crippen LogP contribution in [0.2, 0.25) is 5.02 Å². The lowest BCUT2D eigenvalue weighted by molar-refractivity contribution is 0.318. The van der Waals surface area contributed by atoms with Gasteiger partial charge in [-0.2, -0.15) is 0 Å². The highest BCUT2D eigenvalue weighted by Crippen LogP contribution is 2.26. The van der Waals surface area contributed by atoms with Crippen LogP contribution in [0.3, 0.4) is 0 Å². The maximum Gasteiger partial charge on any atom is 0.249 e. The van der Waals surface area contributed by atoms with E-state index in [1.807, 2.05) is 0 Å². The fourth-order valence-electron chi connectivity index (χ4n) is 1.27. The number of benzene rings is 1. The zero-order valence-electron chi connectivity index (χ0n) is 9.42. The molecule has 0 fully saturated rings. The summed E-state index contributed by atoms with van der Waals surface area (Å²) in [6, 6.07) is 3.80. The Bertz CT molecular complexity index is 636. The van der Waals surface area contributed by atoms with Crippen LogP contribution in [0, 0.1) is 5.82 Å². The molecular weight excluding hydrogens is 275 g/mol. The molecule has 0 atom stereocenters. The van der Waals surface area contributed by atoms with Gasteiger partial charge in [-0.1, -0.05) is 16.8 Å². The molecule has 3 N–H and O–H groups in total. The van der Waals surface area contributed by atoms with Crippen molar-refractivity contribution in [3.63, 3.8) is 0 Å². The molecule has 0 amide bonds. The predicted molar refractivity (Wildman–Crippen MR) is 66.0 cm³/mol. The van der Waals surface area contributed by atoms with Gasteiger partial charge in [0.25, 0.3) is 0 Å². The summed E-state index contributed by atoms with van der Waals surface area (Å²) >= 11 is 5.63. The summed E-state index contributed by atoms with van der Waals surface area (Å²) in [6.45, 7) is 0. The molecule has 19 heavy (non-hydrogen) atoms. The van der Waals surface area contributed by atoms with Crippen molar-refractivity contribution in [3.8, 4) is 11.6 Å². The molecule has 1 aromatic heterocycles. The van der Waals surface area contributed by atoms with Crippen LogP contribution in [-0.4, -0.2) is 21.0 Å². The number of halogens is 2. The van der Waals surface area contributed by atoms with E-state index in [0.717, 1.165) is 6.07 Å². The molecule has 98 valence electrons. The van der Waals surface area contributed by atoms with Crippen molar-refractivity contribution in [1.29, 1.82) is 0 Å².